The fraction of sp³-hybridized carbons (Fsp3) is 0.200. The number of carbonyl (C=O) groups excluding carboxylic acids is 1. The summed E-state index contributed by atoms with van der Waals surface area (Å²) < 4.78 is 0. The Balaban J connectivity index is 2.40. The molecule has 0 bridgehead atoms. The molecule has 0 radical (unpaired) electrons. The van der Waals surface area contributed by atoms with E-state index in [1.54, 1.807) is 31.3 Å². The molecule has 0 aliphatic carbocycles. The first-order valence-electron chi connectivity index (χ1n) is 6.37. The van der Waals surface area contributed by atoms with E-state index >= 15 is 0 Å². The zero-order valence-corrected chi connectivity index (χ0v) is 12.9. The van der Waals surface area contributed by atoms with E-state index in [1.807, 2.05) is 19.9 Å². The van der Waals surface area contributed by atoms with E-state index < -0.39 is 0 Å². The average molecular weight is 303 g/mol. The highest BCUT2D eigenvalue weighted by Crippen LogP contribution is 2.25. The van der Waals surface area contributed by atoms with Gasteiger partial charge in [-0.1, -0.05) is 17.3 Å². The molecular weight excluding hydrogens is 286 g/mol. The van der Waals surface area contributed by atoms with Crippen LogP contribution < -0.4 is 10.6 Å². The normalized spacial score (nSPS) is 11.5. The lowest BCUT2D eigenvalue weighted by Crippen LogP contribution is -2.28. The molecule has 1 aromatic heterocycles. The van der Waals surface area contributed by atoms with Crippen molar-refractivity contribution in [3.63, 3.8) is 0 Å². The minimum atomic E-state index is -0.116. The molecule has 1 amide bonds. The number of carbonyl (C=O) groups is 1. The second-order valence-corrected chi connectivity index (χ2v) is 5.97. The number of nitrogens with zero attached hydrogens (tertiary/aromatic N) is 2. The minimum absolute atomic E-state index is 0.0243. The van der Waals surface area contributed by atoms with Crippen molar-refractivity contribution >= 4 is 28.8 Å². The third-order valence-corrected chi connectivity index (χ3v) is 4.47. The van der Waals surface area contributed by atoms with Gasteiger partial charge in [-0.25, -0.2) is 0 Å². The molecule has 21 heavy (non-hydrogen) atoms. The highest BCUT2D eigenvalue weighted by Gasteiger charge is 2.19. The first-order chi connectivity index (χ1) is 9.95. The summed E-state index contributed by atoms with van der Waals surface area (Å²) in [4.78, 5) is 15.9. The van der Waals surface area contributed by atoms with Gasteiger partial charge in [-0.15, -0.1) is 11.3 Å². The lowest BCUT2D eigenvalue weighted by molar-refractivity contribution is 0.0996. The van der Waals surface area contributed by atoms with Gasteiger partial charge in [-0.05, 0) is 37.6 Å². The summed E-state index contributed by atoms with van der Waals surface area (Å²) in [6.07, 6.45) is 0. The third kappa shape index (κ3) is 2.90. The Bertz CT molecular complexity index is 687. The van der Waals surface area contributed by atoms with Crippen LogP contribution >= 0.6 is 11.3 Å². The first kappa shape index (κ1) is 15.1. The minimum Gasteiger partial charge on any atom is -0.409 e. The molecule has 0 atom stereocenters. The lowest BCUT2D eigenvalue weighted by Gasteiger charge is -2.19. The molecule has 1 aromatic carbocycles. The molecule has 6 heteroatoms. The number of para-hydroxylation sites is 1. The van der Waals surface area contributed by atoms with Gasteiger partial charge in [0, 0.05) is 17.5 Å². The van der Waals surface area contributed by atoms with E-state index in [-0.39, 0.29) is 11.7 Å². The predicted molar refractivity (Wildman–Crippen MR) is 85.5 cm³/mol. The van der Waals surface area contributed by atoms with Crippen LogP contribution in [0.2, 0.25) is 0 Å². The van der Waals surface area contributed by atoms with Crippen molar-refractivity contribution in [1.29, 1.82) is 0 Å². The lowest BCUT2D eigenvalue weighted by atomic mass is 10.1. The van der Waals surface area contributed by atoms with E-state index in [1.165, 1.54) is 16.2 Å². The van der Waals surface area contributed by atoms with Crippen molar-refractivity contribution < 1.29 is 10.0 Å². The number of hydrogen-bond acceptors (Lipinski definition) is 4. The van der Waals surface area contributed by atoms with Gasteiger partial charge >= 0.3 is 0 Å². The molecule has 0 fully saturated rings. The molecule has 1 heterocycles. The van der Waals surface area contributed by atoms with Crippen LogP contribution in [0.25, 0.3) is 0 Å². The van der Waals surface area contributed by atoms with Crippen molar-refractivity contribution in [1.82, 2.24) is 0 Å². The van der Waals surface area contributed by atoms with Crippen molar-refractivity contribution in [2.75, 3.05) is 11.9 Å². The van der Waals surface area contributed by atoms with Crippen molar-refractivity contribution in [3.8, 4) is 0 Å². The monoisotopic (exact) mass is 303 g/mol. The second kappa shape index (κ2) is 5.97. The molecule has 2 rings (SSSR count). The van der Waals surface area contributed by atoms with Crippen LogP contribution in [0.5, 0.6) is 0 Å². The van der Waals surface area contributed by atoms with E-state index in [4.69, 9.17) is 10.9 Å². The fourth-order valence-electron chi connectivity index (χ4n) is 1.99. The van der Waals surface area contributed by atoms with Gasteiger partial charge in [0.25, 0.3) is 5.91 Å². The van der Waals surface area contributed by atoms with Crippen molar-refractivity contribution in [2.24, 2.45) is 10.9 Å². The van der Waals surface area contributed by atoms with Gasteiger partial charge in [0.15, 0.2) is 5.84 Å². The summed E-state index contributed by atoms with van der Waals surface area (Å²) in [5.41, 5.74) is 7.88. The summed E-state index contributed by atoms with van der Waals surface area (Å²) >= 11 is 1.46. The van der Waals surface area contributed by atoms with E-state index in [9.17, 15) is 4.79 Å². The average Bonchev–Trinajstić information content (AvgIpc) is 2.84. The van der Waals surface area contributed by atoms with Gasteiger partial charge in [-0.3, -0.25) is 4.79 Å². The molecule has 3 N–H and O–H groups in total. The Kier molecular flexibility index (Phi) is 4.28. The van der Waals surface area contributed by atoms with E-state index in [2.05, 4.69) is 5.16 Å². The predicted octanol–water partition coefficient (Wildman–Crippen LogP) is 2.74. The third-order valence-electron chi connectivity index (χ3n) is 3.33. The smallest absolute Gasteiger partial charge is 0.268 e. The number of anilines is 1. The Morgan fingerprint density at radius 2 is 2.00 bits per heavy atom. The standard InChI is InChI=1S/C15H17N3O2S/c1-9-8-13(21-10(9)2)15(19)18(3)12-7-5-4-6-11(12)14(16)17-20/h4-8,20H,1-3H3,(H2,16,17). The zero-order valence-electron chi connectivity index (χ0n) is 12.1. The highest BCUT2D eigenvalue weighted by molar-refractivity contribution is 7.14. The number of rotatable bonds is 3. The molecule has 2 aromatic rings. The molecule has 0 saturated heterocycles. The number of benzene rings is 1. The van der Waals surface area contributed by atoms with Crippen LogP contribution in [0, 0.1) is 13.8 Å². The Morgan fingerprint density at radius 1 is 1.33 bits per heavy atom. The summed E-state index contributed by atoms with van der Waals surface area (Å²) in [6.45, 7) is 3.97. The first-order valence-corrected chi connectivity index (χ1v) is 7.19. The van der Waals surface area contributed by atoms with Crippen LogP contribution in [-0.4, -0.2) is 24.0 Å². The van der Waals surface area contributed by atoms with Gasteiger partial charge in [0.2, 0.25) is 0 Å². The molecule has 110 valence electrons. The molecule has 0 aliphatic rings. The number of amides is 1. The number of oxime groups is 1. The number of hydrogen-bond donors (Lipinski definition) is 2. The van der Waals surface area contributed by atoms with Crippen LogP contribution in [0.3, 0.4) is 0 Å². The van der Waals surface area contributed by atoms with Crippen molar-refractivity contribution in [3.05, 3.63) is 51.2 Å². The van der Waals surface area contributed by atoms with Crippen LogP contribution in [-0.2, 0) is 0 Å². The molecule has 5 nitrogen and oxygen atoms in total. The van der Waals surface area contributed by atoms with Gasteiger partial charge in [0.05, 0.1) is 10.6 Å². The quantitative estimate of drug-likeness (QED) is 0.396. The molecule has 0 spiro atoms. The highest BCUT2D eigenvalue weighted by atomic mass is 32.1. The van der Waals surface area contributed by atoms with Gasteiger partial charge < -0.3 is 15.8 Å². The van der Waals surface area contributed by atoms with Crippen LogP contribution in [0.1, 0.15) is 25.7 Å². The zero-order chi connectivity index (χ0) is 15.6. The number of nitrogens with two attached hydrogens (primary N) is 1. The molecule has 0 unspecified atom stereocenters. The Labute approximate surface area is 127 Å². The van der Waals surface area contributed by atoms with Gasteiger partial charge in [-0.2, -0.15) is 0 Å². The molecule has 0 aliphatic heterocycles. The van der Waals surface area contributed by atoms with E-state index in [0.717, 1.165) is 10.4 Å². The number of aryl methyl sites for hydroxylation is 2. The van der Waals surface area contributed by atoms with Crippen LogP contribution in [0.4, 0.5) is 5.69 Å². The summed E-state index contributed by atoms with van der Waals surface area (Å²) in [5.74, 6) is -0.141. The summed E-state index contributed by atoms with van der Waals surface area (Å²) in [5, 5.41) is 11.9. The maximum atomic E-state index is 12.6. The SMILES string of the molecule is Cc1cc(C(=O)N(C)c2ccccc2/C(N)=N/O)sc1C. The largest absolute Gasteiger partial charge is 0.409 e. The maximum absolute atomic E-state index is 12.6. The summed E-state index contributed by atoms with van der Waals surface area (Å²) in [7, 11) is 1.68. The van der Waals surface area contributed by atoms with Crippen LogP contribution in [0.15, 0.2) is 35.5 Å². The fourth-order valence-corrected chi connectivity index (χ4v) is 3.00. The Morgan fingerprint density at radius 3 is 2.57 bits per heavy atom. The van der Waals surface area contributed by atoms with E-state index in [0.29, 0.717) is 16.1 Å². The number of amidine groups is 1. The van der Waals surface area contributed by atoms with Gasteiger partial charge in [0.1, 0.15) is 0 Å². The second-order valence-electron chi connectivity index (χ2n) is 4.72. The summed E-state index contributed by atoms with van der Waals surface area (Å²) in [6, 6.07) is 8.93. The maximum Gasteiger partial charge on any atom is 0.268 e. The van der Waals surface area contributed by atoms with Crippen molar-refractivity contribution in [2.45, 2.75) is 13.8 Å². The topological polar surface area (TPSA) is 78.9 Å². The molecule has 0 saturated carbocycles. The Hall–Kier alpha value is -2.34. The molecular formula is C15H17N3O2S. The number of thiophene rings is 1.